The Balaban J connectivity index is 2.60. The molecule has 0 fully saturated rings. The lowest BCUT2D eigenvalue weighted by atomic mass is 10.5. The van der Waals surface area contributed by atoms with Crippen LogP contribution in [-0.4, -0.2) is 18.1 Å². The van der Waals surface area contributed by atoms with Crippen LogP contribution in [0.4, 0.5) is 0 Å². The van der Waals surface area contributed by atoms with Crippen molar-refractivity contribution in [3.63, 3.8) is 0 Å². The van der Waals surface area contributed by atoms with E-state index in [1.807, 2.05) is 6.92 Å². The highest BCUT2D eigenvalue weighted by Crippen LogP contribution is 2.28. The van der Waals surface area contributed by atoms with Crippen LogP contribution >= 0.6 is 22.9 Å². The number of hydrogen-bond donors (Lipinski definition) is 1. The molecule has 0 aliphatic rings. The van der Waals surface area contributed by atoms with Crippen molar-refractivity contribution in [2.75, 3.05) is 13.2 Å². The largest absolute Gasteiger partial charge is 0.470 e. The SMILES string of the molecule is CCNCc1sc(OCC)nc1Cl. The first-order valence-corrected chi connectivity index (χ1v) is 5.46. The molecule has 0 radical (unpaired) electrons. The van der Waals surface area contributed by atoms with Gasteiger partial charge in [-0.15, -0.1) is 0 Å². The van der Waals surface area contributed by atoms with Gasteiger partial charge in [0.1, 0.15) is 5.15 Å². The van der Waals surface area contributed by atoms with E-state index in [1.54, 1.807) is 0 Å². The van der Waals surface area contributed by atoms with Gasteiger partial charge in [-0.2, -0.15) is 4.98 Å². The number of halogens is 1. The molecule has 0 spiro atoms. The van der Waals surface area contributed by atoms with Crippen molar-refractivity contribution in [1.29, 1.82) is 0 Å². The molecule has 0 atom stereocenters. The van der Waals surface area contributed by atoms with E-state index in [0.29, 0.717) is 17.0 Å². The lowest BCUT2D eigenvalue weighted by molar-refractivity contribution is 0.338. The maximum Gasteiger partial charge on any atom is 0.274 e. The van der Waals surface area contributed by atoms with Crippen molar-refractivity contribution in [1.82, 2.24) is 10.3 Å². The molecule has 13 heavy (non-hydrogen) atoms. The van der Waals surface area contributed by atoms with Crippen molar-refractivity contribution in [3.8, 4) is 5.19 Å². The van der Waals surface area contributed by atoms with Gasteiger partial charge in [0.25, 0.3) is 5.19 Å². The number of nitrogens with one attached hydrogen (secondary N) is 1. The topological polar surface area (TPSA) is 34.1 Å². The quantitative estimate of drug-likeness (QED) is 0.827. The Kier molecular flexibility index (Phi) is 4.48. The van der Waals surface area contributed by atoms with E-state index in [0.717, 1.165) is 18.0 Å². The van der Waals surface area contributed by atoms with Gasteiger partial charge in [0, 0.05) is 6.54 Å². The molecular weight excluding hydrogens is 208 g/mol. The lowest BCUT2D eigenvalue weighted by Crippen LogP contribution is -2.10. The zero-order valence-electron chi connectivity index (χ0n) is 7.76. The first kappa shape index (κ1) is 10.8. The number of ether oxygens (including phenoxy) is 1. The molecule has 0 saturated carbocycles. The van der Waals surface area contributed by atoms with E-state index < -0.39 is 0 Å². The lowest BCUT2D eigenvalue weighted by Gasteiger charge is -1.96. The molecule has 0 saturated heterocycles. The van der Waals surface area contributed by atoms with Crippen molar-refractivity contribution < 1.29 is 4.74 Å². The summed E-state index contributed by atoms with van der Waals surface area (Å²) < 4.78 is 5.24. The second-order valence-electron chi connectivity index (χ2n) is 2.41. The van der Waals surface area contributed by atoms with Gasteiger partial charge < -0.3 is 10.1 Å². The summed E-state index contributed by atoms with van der Waals surface area (Å²) in [5.41, 5.74) is 0. The summed E-state index contributed by atoms with van der Waals surface area (Å²) in [4.78, 5) is 5.11. The summed E-state index contributed by atoms with van der Waals surface area (Å²) in [7, 11) is 0. The van der Waals surface area contributed by atoms with Gasteiger partial charge in [0.15, 0.2) is 0 Å². The van der Waals surface area contributed by atoms with Crippen LogP contribution in [0, 0.1) is 0 Å². The maximum absolute atomic E-state index is 5.90. The average molecular weight is 221 g/mol. The first-order chi connectivity index (χ1) is 6.27. The Bertz CT molecular complexity index is 265. The maximum atomic E-state index is 5.90. The first-order valence-electron chi connectivity index (χ1n) is 4.26. The summed E-state index contributed by atoms with van der Waals surface area (Å²) in [6, 6.07) is 0. The Morgan fingerprint density at radius 3 is 2.92 bits per heavy atom. The van der Waals surface area contributed by atoms with Crippen LogP contribution in [0.1, 0.15) is 18.7 Å². The normalized spacial score (nSPS) is 10.4. The molecule has 0 amide bonds. The number of aromatic nitrogens is 1. The molecule has 0 aliphatic heterocycles. The monoisotopic (exact) mass is 220 g/mol. The third-order valence-corrected chi connectivity index (χ3v) is 2.83. The Hall–Kier alpha value is -0.320. The Labute approximate surface area is 87.1 Å². The molecule has 74 valence electrons. The molecule has 1 N–H and O–H groups in total. The van der Waals surface area contributed by atoms with Gasteiger partial charge in [0.2, 0.25) is 0 Å². The predicted molar refractivity (Wildman–Crippen MR) is 55.7 cm³/mol. The van der Waals surface area contributed by atoms with E-state index in [2.05, 4.69) is 17.2 Å². The number of hydrogen-bond acceptors (Lipinski definition) is 4. The molecule has 0 aromatic carbocycles. The highest BCUT2D eigenvalue weighted by molar-refractivity contribution is 7.13. The molecule has 0 bridgehead atoms. The predicted octanol–water partition coefficient (Wildman–Crippen LogP) is 2.30. The van der Waals surface area contributed by atoms with Crippen LogP contribution in [0.3, 0.4) is 0 Å². The zero-order valence-corrected chi connectivity index (χ0v) is 9.34. The average Bonchev–Trinajstić information content (AvgIpc) is 2.44. The third-order valence-electron chi connectivity index (χ3n) is 1.43. The minimum atomic E-state index is 0.550. The molecule has 1 aromatic rings. The van der Waals surface area contributed by atoms with Crippen molar-refractivity contribution >= 4 is 22.9 Å². The van der Waals surface area contributed by atoms with Crippen LogP contribution in [0.2, 0.25) is 5.15 Å². The van der Waals surface area contributed by atoms with E-state index in [9.17, 15) is 0 Å². The van der Waals surface area contributed by atoms with Gasteiger partial charge in [-0.25, -0.2) is 0 Å². The molecule has 1 aromatic heterocycles. The Morgan fingerprint density at radius 1 is 1.54 bits per heavy atom. The summed E-state index contributed by atoms with van der Waals surface area (Å²) in [6.07, 6.45) is 0. The van der Waals surface area contributed by atoms with E-state index in [4.69, 9.17) is 16.3 Å². The second kappa shape index (κ2) is 5.42. The van der Waals surface area contributed by atoms with Crippen LogP contribution < -0.4 is 10.1 Å². The summed E-state index contributed by atoms with van der Waals surface area (Å²) in [6.45, 7) is 6.31. The van der Waals surface area contributed by atoms with Crippen molar-refractivity contribution in [2.45, 2.75) is 20.4 Å². The fraction of sp³-hybridized carbons (Fsp3) is 0.625. The molecule has 0 aliphatic carbocycles. The van der Waals surface area contributed by atoms with Gasteiger partial charge in [-0.1, -0.05) is 29.9 Å². The van der Waals surface area contributed by atoms with Gasteiger partial charge in [-0.3, -0.25) is 0 Å². The standard InChI is InChI=1S/C8H13ClN2OS/c1-3-10-5-6-7(9)11-8(13-6)12-4-2/h10H,3-5H2,1-2H3. The zero-order chi connectivity index (χ0) is 9.68. The summed E-state index contributed by atoms with van der Waals surface area (Å²) >= 11 is 7.39. The Morgan fingerprint density at radius 2 is 2.31 bits per heavy atom. The smallest absolute Gasteiger partial charge is 0.274 e. The van der Waals surface area contributed by atoms with Gasteiger partial charge in [0.05, 0.1) is 11.5 Å². The number of thiazole rings is 1. The summed E-state index contributed by atoms with van der Waals surface area (Å²) in [5, 5.41) is 4.39. The molecule has 1 heterocycles. The number of nitrogens with zero attached hydrogens (tertiary/aromatic N) is 1. The van der Waals surface area contributed by atoms with Gasteiger partial charge >= 0.3 is 0 Å². The minimum absolute atomic E-state index is 0.550. The number of rotatable bonds is 5. The van der Waals surface area contributed by atoms with Crippen molar-refractivity contribution in [3.05, 3.63) is 10.0 Å². The molecule has 0 unspecified atom stereocenters. The van der Waals surface area contributed by atoms with Crippen LogP contribution in [0.25, 0.3) is 0 Å². The summed E-state index contributed by atoms with van der Waals surface area (Å²) in [5.74, 6) is 0. The third kappa shape index (κ3) is 3.14. The minimum Gasteiger partial charge on any atom is -0.470 e. The molecular formula is C8H13ClN2OS. The van der Waals surface area contributed by atoms with E-state index in [-0.39, 0.29) is 0 Å². The van der Waals surface area contributed by atoms with Crippen LogP contribution in [-0.2, 0) is 6.54 Å². The highest BCUT2D eigenvalue weighted by atomic mass is 35.5. The fourth-order valence-corrected chi connectivity index (χ4v) is 1.98. The van der Waals surface area contributed by atoms with E-state index in [1.165, 1.54) is 11.3 Å². The van der Waals surface area contributed by atoms with E-state index >= 15 is 0 Å². The molecule has 3 nitrogen and oxygen atoms in total. The highest BCUT2D eigenvalue weighted by Gasteiger charge is 2.08. The molecule has 5 heteroatoms. The van der Waals surface area contributed by atoms with Crippen molar-refractivity contribution in [2.24, 2.45) is 0 Å². The second-order valence-corrected chi connectivity index (χ2v) is 3.81. The molecule has 1 rings (SSSR count). The van der Waals surface area contributed by atoms with Crippen LogP contribution in [0.5, 0.6) is 5.19 Å². The van der Waals surface area contributed by atoms with Crippen LogP contribution in [0.15, 0.2) is 0 Å². The fourth-order valence-electron chi connectivity index (χ4n) is 0.846. The van der Waals surface area contributed by atoms with Gasteiger partial charge in [-0.05, 0) is 13.5 Å².